The van der Waals surface area contributed by atoms with E-state index in [0.29, 0.717) is 38.4 Å². The molecule has 0 bridgehead atoms. The fourth-order valence-electron chi connectivity index (χ4n) is 3.34. The second-order valence-corrected chi connectivity index (χ2v) is 11.6. The molecule has 0 saturated carbocycles. The summed E-state index contributed by atoms with van der Waals surface area (Å²) in [5.74, 6) is 1.51. The number of carbonyl (C=O) groups excluding carboxylic acids is 3. The second-order valence-electron chi connectivity index (χ2n) is 11.6. The van der Waals surface area contributed by atoms with Crippen molar-refractivity contribution in [2.24, 2.45) is 11.8 Å². The van der Waals surface area contributed by atoms with Crippen LogP contribution in [0.5, 0.6) is 0 Å². The lowest BCUT2D eigenvalue weighted by molar-refractivity contribution is -0.145. The van der Waals surface area contributed by atoms with Gasteiger partial charge in [-0.15, -0.1) is 0 Å². The van der Waals surface area contributed by atoms with Crippen molar-refractivity contribution in [3.8, 4) is 0 Å². The number of unbranched alkanes of at least 4 members (excludes halogenated alkanes) is 11. The summed E-state index contributed by atoms with van der Waals surface area (Å²) in [5.41, 5.74) is 0. The smallest absolute Gasteiger partial charge is 0.306 e. The van der Waals surface area contributed by atoms with E-state index in [2.05, 4.69) is 48.5 Å². The van der Waals surface area contributed by atoms with Crippen molar-refractivity contribution >= 4 is 17.7 Å². The number of hydrogen-bond acceptors (Lipinski definition) is 5. The van der Waals surface area contributed by atoms with E-state index in [-0.39, 0.29) is 17.7 Å². The molecule has 248 valence electrons. The summed E-state index contributed by atoms with van der Waals surface area (Å²) in [4.78, 5) is 31.9. The third-order valence-electron chi connectivity index (χ3n) is 6.66. The lowest BCUT2D eigenvalue weighted by Gasteiger charge is -2.08. The molecule has 1 unspecified atom stereocenters. The Morgan fingerprint density at radius 1 is 0.537 bits per heavy atom. The monoisotopic (exact) mass is 587 g/mol. The molecule has 0 aromatic heterocycles. The molecule has 5 nitrogen and oxygen atoms in total. The van der Waals surface area contributed by atoms with Gasteiger partial charge in [0.25, 0.3) is 0 Å². The van der Waals surface area contributed by atoms with E-state index in [1.807, 2.05) is 13.8 Å². The van der Waals surface area contributed by atoms with E-state index in [1.54, 1.807) is 6.92 Å². The normalized spacial score (nSPS) is 10.7. The molecule has 0 saturated heterocycles. The van der Waals surface area contributed by atoms with E-state index in [4.69, 9.17) is 9.47 Å². The molecule has 0 aromatic carbocycles. The van der Waals surface area contributed by atoms with Gasteiger partial charge < -0.3 is 14.3 Å². The van der Waals surface area contributed by atoms with Crippen LogP contribution in [-0.4, -0.2) is 30.9 Å². The summed E-state index contributed by atoms with van der Waals surface area (Å²) < 4.78 is 10.1. The van der Waals surface area contributed by atoms with Crippen LogP contribution in [0, 0.1) is 11.8 Å². The number of rotatable bonds is 22. The fraction of sp³-hybridized carbons (Fsp3) is 0.917. The fourth-order valence-corrected chi connectivity index (χ4v) is 3.34. The summed E-state index contributed by atoms with van der Waals surface area (Å²) in [7, 11) is 0. The minimum atomic E-state index is -0.0754. The van der Waals surface area contributed by atoms with Gasteiger partial charge in [0.2, 0.25) is 0 Å². The van der Waals surface area contributed by atoms with Crippen molar-refractivity contribution in [3.05, 3.63) is 0 Å². The maximum atomic E-state index is 11.3. The maximum Gasteiger partial charge on any atom is 0.306 e. The molecule has 0 spiro atoms. The summed E-state index contributed by atoms with van der Waals surface area (Å²) >= 11 is 0. The first-order valence-electron chi connectivity index (χ1n) is 17.4. The summed E-state index contributed by atoms with van der Waals surface area (Å²) in [6.45, 7) is 21.9. The van der Waals surface area contributed by atoms with E-state index in [1.165, 1.54) is 83.5 Å². The third kappa shape index (κ3) is 55.2. The molecule has 0 aromatic rings. The molecule has 0 fully saturated rings. The van der Waals surface area contributed by atoms with Crippen LogP contribution in [0.2, 0.25) is 0 Å². The molecule has 0 heterocycles. The molecule has 0 N–H and O–H groups in total. The molecule has 0 aliphatic rings. The molecular weight excluding hydrogens is 512 g/mol. The number of Topliss-reactive ketones (excluding diaryl/α,β-unsaturated/α-hetero) is 1. The molecular formula is C36H74O5. The van der Waals surface area contributed by atoms with Crippen LogP contribution in [0.25, 0.3) is 0 Å². The predicted molar refractivity (Wildman–Crippen MR) is 178 cm³/mol. The summed E-state index contributed by atoms with van der Waals surface area (Å²) in [6, 6.07) is 0. The third-order valence-corrected chi connectivity index (χ3v) is 6.66. The van der Waals surface area contributed by atoms with Crippen molar-refractivity contribution in [2.75, 3.05) is 13.2 Å². The highest BCUT2D eigenvalue weighted by Crippen LogP contribution is 2.09. The Morgan fingerprint density at radius 2 is 0.927 bits per heavy atom. The molecule has 0 aliphatic carbocycles. The van der Waals surface area contributed by atoms with Crippen molar-refractivity contribution in [2.45, 2.75) is 191 Å². The zero-order valence-corrected chi connectivity index (χ0v) is 29.5. The summed E-state index contributed by atoms with van der Waals surface area (Å²) in [5, 5.41) is 0. The average molecular weight is 587 g/mol. The standard InChI is InChI=1S/C14H28O2.C11H22O2.C7H16.C4H8O/c1-4-6-7-8-9-10-11-16-14(15)12-13(3)5-2;1-3-5-6-7-8-9-10-13-11(12)4-2;1-4-5-6-7(2)3;1-3-4(2)5/h13H,4-12H2,1-3H3;3-10H2,1-2H3;7H,4-6H2,1-3H3;3H2,1-2H3. The zero-order valence-electron chi connectivity index (χ0n) is 29.5. The highest BCUT2D eigenvalue weighted by atomic mass is 16.5. The van der Waals surface area contributed by atoms with Crippen LogP contribution in [0.15, 0.2) is 0 Å². The van der Waals surface area contributed by atoms with E-state index in [0.717, 1.165) is 25.2 Å². The van der Waals surface area contributed by atoms with Crippen LogP contribution >= 0.6 is 0 Å². The predicted octanol–water partition coefficient (Wildman–Crippen LogP) is 11.4. The van der Waals surface area contributed by atoms with Gasteiger partial charge in [0.1, 0.15) is 5.78 Å². The maximum absolute atomic E-state index is 11.3. The quantitative estimate of drug-likeness (QED) is 0.0932. The molecule has 0 aliphatic heterocycles. The number of ether oxygens (including phenoxy) is 2. The van der Waals surface area contributed by atoms with Crippen molar-refractivity contribution < 1.29 is 23.9 Å². The molecule has 0 radical (unpaired) electrons. The van der Waals surface area contributed by atoms with Gasteiger partial charge in [0, 0.05) is 19.3 Å². The first-order chi connectivity index (χ1) is 19.6. The Bertz CT molecular complexity index is 530. The van der Waals surface area contributed by atoms with Crippen LogP contribution < -0.4 is 0 Å². The topological polar surface area (TPSA) is 69.7 Å². The van der Waals surface area contributed by atoms with Gasteiger partial charge in [0.15, 0.2) is 0 Å². The Kier molecular flexibility index (Phi) is 46.3. The Labute approximate surface area is 257 Å². The molecule has 5 heteroatoms. The second kappa shape index (κ2) is 40.7. The van der Waals surface area contributed by atoms with Gasteiger partial charge in [-0.25, -0.2) is 0 Å². The number of esters is 2. The van der Waals surface area contributed by atoms with Crippen LogP contribution in [0.4, 0.5) is 0 Å². The highest BCUT2D eigenvalue weighted by Gasteiger charge is 2.07. The minimum absolute atomic E-state index is 0.0251. The molecule has 0 amide bonds. The van der Waals surface area contributed by atoms with Gasteiger partial charge in [0.05, 0.1) is 13.2 Å². The average Bonchev–Trinajstić information content (AvgIpc) is 2.95. The lowest BCUT2D eigenvalue weighted by atomic mass is 10.1. The molecule has 0 rings (SSSR count). The van der Waals surface area contributed by atoms with Crippen molar-refractivity contribution in [1.29, 1.82) is 0 Å². The minimum Gasteiger partial charge on any atom is -0.466 e. The van der Waals surface area contributed by atoms with Crippen LogP contribution in [0.1, 0.15) is 191 Å². The Morgan fingerprint density at radius 3 is 1.24 bits per heavy atom. The van der Waals surface area contributed by atoms with Crippen molar-refractivity contribution in [3.63, 3.8) is 0 Å². The first kappa shape index (κ1) is 46.6. The number of carbonyl (C=O) groups is 3. The van der Waals surface area contributed by atoms with Gasteiger partial charge in [-0.05, 0) is 31.6 Å². The van der Waals surface area contributed by atoms with Crippen LogP contribution in [-0.2, 0) is 23.9 Å². The summed E-state index contributed by atoms with van der Waals surface area (Å²) in [6.07, 6.45) is 21.8. The van der Waals surface area contributed by atoms with Gasteiger partial charge in [-0.3, -0.25) is 9.59 Å². The van der Waals surface area contributed by atoms with Gasteiger partial charge in [-0.1, -0.05) is 152 Å². The van der Waals surface area contributed by atoms with Gasteiger partial charge >= 0.3 is 11.9 Å². The largest absolute Gasteiger partial charge is 0.466 e. The number of hydrogen-bond donors (Lipinski definition) is 0. The first-order valence-corrected chi connectivity index (χ1v) is 17.4. The van der Waals surface area contributed by atoms with E-state index < -0.39 is 0 Å². The zero-order chi connectivity index (χ0) is 32.2. The van der Waals surface area contributed by atoms with Crippen LogP contribution in [0.3, 0.4) is 0 Å². The Hall–Kier alpha value is -1.39. The number of ketones is 1. The highest BCUT2D eigenvalue weighted by molar-refractivity contribution is 5.74. The molecule has 41 heavy (non-hydrogen) atoms. The van der Waals surface area contributed by atoms with E-state index >= 15 is 0 Å². The van der Waals surface area contributed by atoms with Crippen molar-refractivity contribution in [1.82, 2.24) is 0 Å². The van der Waals surface area contributed by atoms with Gasteiger partial charge in [-0.2, -0.15) is 0 Å². The Balaban J connectivity index is -0.000000243. The lowest BCUT2D eigenvalue weighted by Crippen LogP contribution is -2.09. The SMILES string of the molecule is CCC(C)=O.CCCCC(C)C.CCCCCCCCOC(=O)CC.CCCCCCCCOC(=O)CC(C)CC. The van der Waals surface area contributed by atoms with E-state index in [9.17, 15) is 14.4 Å². The molecule has 1 atom stereocenters.